The third kappa shape index (κ3) is 7.70. The fourth-order valence-corrected chi connectivity index (χ4v) is 2.54. The smallest absolute Gasteiger partial charge is 0.151 e. The molecule has 0 amide bonds. The first kappa shape index (κ1) is 16.7. The number of hydrazine groups is 1. The molecule has 1 fully saturated rings. The minimum Gasteiger partial charge on any atom is -0.300 e. The van der Waals surface area contributed by atoms with E-state index in [9.17, 15) is 9.59 Å². The molecule has 0 saturated carbocycles. The SMILES string of the molecule is O=C1CCCCCCCNN[C@H](CS)C(=O)CCC1. The maximum Gasteiger partial charge on any atom is 0.151 e. The third-order valence-corrected chi connectivity index (χ3v) is 3.85. The van der Waals surface area contributed by atoms with Gasteiger partial charge in [-0.15, -0.1) is 0 Å². The zero-order valence-corrected chi connectivity index (χ0v) is 12.5. The molecule has 1 aliphatic rings. The molecule has 1 saturated heterocycles. The van der Waals surface area contributed by atoms with Gasteiger partial charge in [0.05, 0.1) is 6.04 Å². The van der Waals surface area contributed by atoms with Gasteiger partial charge in [-0.25, -0.2) is 5.43 Å². The van der Waals surface area contributed by atoms with Crippen molar-refractivity contribution in [3.05, 3.63) is 0 Å². The van der Waals surface area contributed by atoms with Crippen LogP contribution >= 0.6 is 12.6 Å². The Morgan fingerprint density at radius 1 is 0.947 bits per heavy atom. The van der Waals surface area contributed by atoms with Gasteiger partial charge in [0.2, 0.25) is 0 Å². The van der Waals surface area contributed by atoms with Crippen molar-refractivity contribution >= 4 is 24.2 Å². The predicted octanol–water partition coefficient (Wildman–Crippen LogP) is 2.04. The van der Waals surface area contributed by atoms with Gasteiger partial charge >= 0.3 is 0 Å². The number of carbonyl (C=O) groups excluding carboxylic acids is 2. The maximum absolute atomic E-state index is 11.9. The average molecular weight is 286 g/mol. The second kappa shape index (κ2) is 10.4. The molecular weight excluding hydrogens is 260 g/mol. The largest absolute Gasteiger partial charge is 0.300 e. The lowest BCUT2D eigenvalue weighted by atomic mass is 10.0. The van der Waals surface area contributed by atoms with Crippen LogP contribution in [0.5, 0.6) is 0 Å². The summed E-state index contributed by atoms with van der Waals surface area (Å²) < 4.78 is 0. The first-order chi connectivity index (χ1) is 9.24. The van der Waals surface area contributed by atoms with E-state index in [1.807, 2.05) is 0 Å². The third-order valence-electron chi connectivity index (χ3n) is 3.48. The normalized spacial score (nSPS) is 25.6. The predicted molar refractivity (Wildman–Crippen MR) is 80.3 cm³/mol. The molecule has 1 heterocycles. The number of nitrogens with one attached hydrogen (secondary N) is 2. The molecule has 0 unspecified atom stereocenters. The van der Waals surface area contributed by atoms with Gasteiger partial charge in [0.1, 0.15) is 5.78 Å². The Balaban J connectivity index is 2.41. The number of Topliss-reactive ketones (excluding diaryl/α,β-unsaturated/α-hetero) is 2. The molecule has 5 heteroatoms. The van der Waals surface area contributed by atoms with E-state index >= 15 is 0 Å². The zero-order valence-electron chi connectivity index (χ0n) is 11.6. The molecule has 2 N–H and O–H groups in total. The molecule has 1 atom stereocenters. The van der Waals surface area contributed by atoms with Gasteiger partial charge in [0.15, 0.2) is 5.78 Å². The highest BCUT2D eigenvalue weighted by molar-refractivity contribution is 7.80. The van der Waals surface area contributed by atoms with Gasteiger partial charge in [-0.2, -0.15) is 12.6 Å². The quantitative estimate of drug-likeness (QED) is 0.646. The Bertz CT molecular complexity index is 285. The summed E-state index contributed by atoms with van der Waals surface area (Å²) in [5.41, 5.74) is 6.15. The number of thiol groups is 1. The Labute approximate surface area is 121 Å². The Kier molecular flexibility index (Phi) is 9.12. The summed E-state index contributed by atoms with van der Waals surface area (Å²) in [4.78, 5) is 23.6. The van der Waals surface area contributed by atoms with Gasteiger partial charge in [0.25, 0.3) is 0 Å². The summed E-state index contributed by atoms with van der Waals surface area (Å²) in [6.07, 6.45) is 7.93. The lowest BCUT2D eigenvalue weighted by Crippen LogP contribution is -2.47. The second-order valence-corrected chi connectivity index (χ2v) is 5.55. The molecule has 1 aliphatic heterocycles. The number of rotatable bonds is 1. The molecular formula is C14H26N2O2S. The van der Waals surface area contributed by atoms with E-state index in [-0.39, 0.29) is 11.8 Å². The van der Waals surface area contributed by atoms with E-state index in [1.165, 1.54) is 12.8 Å². The minimum atomic E-state index is -0.247. The molecule has 0 radical (unpaired) electrons. The van der Waals surface area contributed by atoms with E-state index in [0.717, 1.165) is 25.8 Å². The summed E-state index contributed by atoms with van der Waals surface area (Å²) in [6, 6.07) is -0.247. The molecule has 1 rings (SSSR count). The number of carbonyl (C=O) groups is 2. The van der Waals surface area contributed by atoms with Crippen molar-refractivity contribution in [2.45, 2.75) is 63.8 Å². The minimum absolute atomic E-state index is 0.144. The summed E-state index contributed by atoms with van der Waals surface area (Å²) in [5, 5.41) is 0. The van der Waals surface area contributed by atoms with E-state index in [2.05, 4.69) is 23.5 Å². The van der Waals surface area contributed by atoms with Crippen molar-refractivity contribution in [2.24, 2.45) is 0 Å². The van der Waals surface area contributed by atoms with Crippen molar-refractivity contribution < 1.29 is 9.59 Å². The van der Waals surface area contributed by atoms with Crippen LogP contribution in [0.3, 0.4) is 0 Å². The van der Waals surface area contributed by atoms with Gasteiger partial charge < -0.3 is 0 Å². The molecule has 4 nitrogen and oxygen atoms in total. The monoisotopic (exact) mass is 286 g/mol. The summed E-state index contributed by atoms with van der Waals surface area (Å²) in [6.45, 7) is 0.872. The lowest BCUT2D eigenvalue weighted by Gasteiger charge is -2.16. The fraction of sp³-hybridized carbons (Fsp3) is 0.857. The molecule has 0 bridgehead atoms. The molecule has 0 aromatic heterocycles. The average Bonchev–Trinajstić information content (AvgIpc) is 2.40. The Morgan fingerprint density at radius 2 is 1.63 bits per heavy atom. The maximum atomic E-state index is 11.9. The standard InChI is InChI=1S/C14H26N2O2S/c17-12-7-4-2-1-3-5-10-15-16-13(11-19)14(18)9-6-8-12/h13,15-16,19H,1-11H2/t13-/m1/s1. The second-order valence-electron chi connectivity index (χ2n) is 5.18. The van der Waals surface area contributed by atoms with E-state index < -0.39 is 0 Å². The Morgan fingerprint density at radius 3 is 2.42 bits per heavy atom. The van der Waals surface area contributed by atoms with Crippen molar-refractivity contribution in [1.29, 1.82) is 0 Å². The van der Waals surface area contributed by atoms with Crippen molar-refractivity contribution in [2.75, 3.05) is 12.3 Å². The van der Waals surface area contributed by atoms with Crippen molar-refractivity contribution in [3.8, 4) is 0 Å². The van der Waals surface area contributed by atoms with Crippen LogP contribution in [-0.2, 0) is 9.59 Å². The van der Waals surface area contributed by atoms with Gasteiger partial charge in [-0.1, -0.05) is 19.3 Å². The van der Waals surface area contributed by atoms with E-state index in [0.29, 0.717) is 37.2 Å². The lowest BCUT2D eigenvalue weighted by molar-refractivity contribution is -0.121. The molecule has 19 heavy (non-hydrogen) atoms. The first-order valence-electron chi connectivity index (χ1n) is 7.37. The van der Waals surface area contributed by atoms with Crippen LogP contribution < -0.4 is 10.9 Å². The molecule has 0 spiro atoms. The van der Waals surface area contributed by atoms with Crippen LogP contribution in [-0.4, -0.2) is 29.9 Å². The number of hydrogen-bond donors (Lipinski definition) is 3. The van der Waals surface area contributed by atoms with Gasteiger partial charge in [-0.3, -0.25) is 15.0 Å². The van der Waals surface area contributed by atoms with Gasteiger partial charge in [-0.05, 0) is 19.3 Å². The van der Waals surface area contributed by atoms with Crippen LogP contribution in [0.2, 0.25) is 0 Å². The molecule has 0 aromatic rings. The van der Waals surface area contributed by atoms with Gasteiger partial charge in [0, 0.05) is 31.6 Å². The van der Waals surface area contributed by atoms with Crippen molar-refractivity contribution in [1.82, 2.24) is 10.9 Å². The van der Waals surface area contributed by atoms with Crippen LogP contribution in [0.25, 0.3) is 0 Å². The van der Waals surface area contributed by atoms with Crippen LogP contribution in [0.15, 0.2) is 0 Å². The topological polar surface area (TPSA) is 58.2 Å². The van der Waals surface area contributed by atoms with E-state index in [4.69, 9.17) is 0 Å². The molecule has 110 valence electrons. The van der Waals surface area contributed by atoms with E-state index in [1.54, 1.807) is 0 Å². The Hall–Kier alpha value is -0.390. The van der Waals surface area contributed by atoms with Crippen molar-refractivity contribution in [3.63, 3.8) is 0 Å². The summed E-state index contributed by atoms with van der Waals surface area (Å²) in [5.74, 6) is 0.932. The highest BCUT2D eigenvalue weighted by atomic mass is 32.1. The zero-order chi connectivity index (χ0) is 13.9. The first-order valence-corrected chi connectivity index (χ1v) is 8.01. The summed E-state index contributed by atoms with van der Waals surface area (Å²) >= 11 is 4.20. The molecule has 0 aliphatic carbocycles. The van der Waals surface area contributed by atoms with Crippen LogP contribution in [0.4, 0.5) is 0 Å². The number of ketones is 2. The highest BCUT2D eigenvalue weighted by Gasteiger charge is 2.16. The van der Waals surface area contributed by atoms with Crippen LogP contribution in [0.1, 0.15) is 57.8 Å². The number of hydrogen-bond acceptors (Lipinski definition) is 5. The van der Waals surface area contributed by atoms with Crippen LogP contribution in [0, 0.1) is 0 Å². The highest BCUT2D eigenvalue weighted by Crippen LogP contribution is 2.09. The molecule has 0 aromatic carbocycles. The fourth-order valence-electron chi connectivity index (χ4n) is 2.25. The summed E-state index contributed by atoms with van der Waals surface area (Å²) in [7, 11) is 0.